The van der Waals surface area contributed by atoms with Gasteiger partial charge in [-0.2, -0.15) is 13.2 Å². The fourth-order valence-corrected chi connectivity index (χ4v) is 3.25. The summed E-state index contributed by atoms with van der Waals surface area (Å²) in [5.41, 5.74) is -0.654. The average Bonchev–Trinajstić information content (AvgIpc) is 2.54. The Morgan fingerprint density at radius 3 is 2.15 bits per heavy atom. The van der Waals surface area contributed by atoms with Crippen molar-refractivity contribution in [2.75, 3.05) is 22.4 Å². The highest BCUT2D eigenvalue weighted by atomic mass is 35.5. The van der Waals surface area contributed by atoms with E-state index in [4.69, 9.17) is 23.2 Å². The van der Waals surface area contributed by atoms with Crippen molar-refractivity contribution in [2.45, 2.75) is 6.18 Å². The highest BCUT2D eigenvalue weighted by molar-refractivity contribution is 7.92. The Bertz CT molecular complexity index is 948. The van der Waals surface area contributed by atoms with Crippen molar-refractivity contribution in [2.24, 2.45) is 0 Å². The number of anilines is 2. The summed E-state index contributed by atoms with van der Waals surface area (Å²) in [7, 11) is -3.84. The third kappa shape index (κ3) is 5.75. The average molecular weight is 441 g/mol. The summed E-state index contributed by atoms with van der Waals surface area (Å²) in [6.07, 6.45) is -3.59. The lowest BCUT2D eigenvalue weighted by atomic mass is 10.2. The third-order valence-corrected chi connectivity index (χ3v) is 5.25. The topological polar surface area (TPSA) is 66.5 Å². The highest BCUT2D eigenvalue weighted by Gasteiger charge is 2.30. The largest absolute Gasteiger partial charge is 0.416 e. The van der Waals surface area contributed by atoms with Crippen LogP contribution >= 0.6 is 23.2 Å². The second kappa shape index (κ2) is 7.95. The maximum Gasteiger partial charge on any atom is 0.416 e. The van der Waals surface area contributed by atoms with Gasteiger partial charge in [0.2, 0.25) is 15.9 Å². The number of carbonyl (C=O) groups excluding carboxylic acids is 1. The number of benzene rings is 2. The summed E-state index contributed by atoms with van der Waals surface area (Å²) in [6, 6.07) is 7.81. The Hall–Kier alpha value is -1.97. The Balaban J connectivity index is 2.18. The lowest BCUT2D eigenvalue weighted by molar-refractivity contribution is -0.137. The summed E-state index contributed by atoms with van der Waals surface area (Å²) in [4.78, 5) is 12.2. The molecule has 0 aliphatic carbocycles. The molecule has 5 nitrogen and oxygen atoms in total. The third-order valence-electron chi connectivity index (χ3n) is 3.37. The van der Waals surface area contributed by atoms with Gasteiger partial charge in [0.15, 0.2) is 0 Å². The van der Waals surface area contributed by atoms with Crippen LogP contribution < -0.4 is 9.62 Å². The maximum atomic E-state index is 12.6. The zero-order valence-electron chi connectivity index (χ0n) is 13.7. The van der Waals surface area contributed by atoms with E-state index < -0.39 is 34.2 Å². The van der Waals surface area contributed by atoms with Crippen LogP contribution in [0.3, 0.4) is 0 Å². The van der Waals surface area contributed by atoms with Gasteiger partial charge in [-0.3, -0.25) is 9.10 Å². The normalized spacial score (nSPS) is 11.9. The van der Waals surface area contributed by atoms with Crippen LogP contribution in [-0.4, -0.2) is 27.1 Å². The molecule has 0 heterocycles. The lowest BCUT2D eigenvalue weighted by Gasteiger charge is -2.22. The maximum absolute atomic E-state index is 12.6. The summed E-state index contributed by atoms with van der Waals surface area (Å²) in [6.45, 7) is -0.599. The number of rotatable bonds is 5. The minimum absolute atomic E-state index is 0.0931. The minimum atomic E-state index is -4.50. The number of alkyl halides is 3. The van der Waals surface area contributed by atoms with E-state index in [2.05, 4.69) is 5.32 Å². The van der Waals surface area contributed by atoms with Crippen LogP contribution in [-0.2, 0) is 21.0 Å². The second-order valence-corrected chi connectivity index (χ2v) is 8.21. The van der Waals surface area contributed by atoms with Gasteiger partial charge in [-0.05, 0) is 42.5 Å². The first-order valence-electron chi connectivity index (χ1n) is 7.28. The molecule has 27 heavy (non-hydrogen) atoms. The van der Waals surface area contributed by atoms with E-state index >= 15 is 0 Å². The molecule has 11 heteroatoms. The number of halogens is 5. The molecule has 1 N–H and O–H groups in total. The summed E-state index contributed by atoms with van der Waals surface area (Å²) in [5.74, 6) is -0.744. The molecule has 0 aromatic heterocycles. The fourth-order valence-electron chi connectivity index (χ4n) is 2.11. The Kier molecular flexibility index (Phi) is 6.28. The molecule has 146 valence electrons. The fraction of sp³-hybridized carbons (Fsp3) is 0.188. The van der Waals surface area contributed by atoms with E-state index in [0.717, 1.165) is 34.8 Å². The van der Waals surface area contributed by atoms with Crippen LogP contribution in [0.1, 0.15) is 5.56 Å². The molecule has 2 aromatic rings. The van der Waals surface area contributed by atoms with Gasteiger partial charge in [0.05, 0.1) is 27.6 Å². The van der Waals surface area contributed by atoms with Crippen LogP contribution in [0, 0.1) is 0 Å². The molecule has 0 radical (unpaired) electrons. The molecule has 0 aliphatic rings. The molecular formula is C16H13Cl2F3N2O3S. The first kappa shape index (κ1) is 21.3. The van der Waals surface area contributed by atoms with E-state index in [9.17, 15) is 26.4 Å². The van der Waals surface area contributed by atoms with Crippen molar-refractivity contribution in [1.82, 2.24) is 0 Å². The van der Waals surface area contributed by atoms with Gasteiger partial charge in [0, 0.05) is 5.69 Å². The number of sulfonamides is 1. The van der Waals surface area contributed by atoms with Gasteiger partial charge in [0.25, 0.3) is 0 Å². The summed E-state index contributed by atoms with van der Waals surface area (Å²) in [5, 5.41) is 2.66. The molecule has 0 spiro atoms. The molecule has 0 fully saturated rings. The standard InChI is InChI=1S/C16H13Cl2F3N2O3S/c1-27(25,26)23(12-6-7-13(17)14(18)8-12)9-15(24)22-11-4-2-10(3-5-11)16(19,20)21/h2-8H,9H2,1H3,(H,22,24). The predicted molar refractivity (Wildman–Crippen MR) is 98.7 cm³/mol. The number of nitrogens with one attached hydrogen (secondary N) is 1. The van der Waals surface area contributed by atoms with Crippen molar-refractivity contribution in [3.8, 4) is 0 Å². The molecule has 2 aromatic carbocycles. The smallest absolute Gasteiger partial charge is 0.325 e. The number of amides is 1. The molecule has 0 atom stereocenters. The zero-order valence-corrected chi connectivity index (χ0v) is 16.0. The van der Waals surface area contributed by atoms with E-state index in [1.165, 1.54) is 18.2 Å². The number of hydrogen-bond donors (Lipinski definition) is 1. The Morgan fingerprint density at radius 1 is 1.07 bits per heavy atom. The molecule has 0 saturated carbocycles. The minimum Gasteiger partial charge on any atom is -0.325 e. The molecule has 0 bridgehead atoms. The quantitative estimate of drug-likeness (QED) is 0.748. The van der Waals surface area contributed by atoms with Gasteiger partial charge < -0.3 is 5.32 Å². The van der Waals surface area contributed by atoms with Crippen LogP contribution in [0.25, 0.3) is 0 Å². The van der Waals surface area contributed by atoms with E-state index in [-0.39, 0.29) is 21.4 Å². The van der Waals surface area contributed by atoms with Crippen molar-refractivity contribution in [1.29, 1.82) is 0 Å². The van der Waals surface area contributed by atoms with Crippen molar-refractivity contribution >= 4 is 50.5 Å². The summed E-state index contributed by atoms with van der Waals surface area (Å²) < 4.78 is 62.5. The Labute approximate surface area is 163 Å². The van der Waals surface area contributed by atoms with Gasteiger partial charge in [0.1, 0.15) is 6.54 Å². The van der Waals surface area contributed by atoms with Crippen LogP contribution in [0.4, 0.5) is 24.5 Å². The SMILES string of the molecule is CS(=O)(=O)N(CC(=O)Nc1ccc(C(F)(F)F)cc1)c1ccc(Cl)c(Cl)c1. The van der Waals surface area contributed by atoms with Gasteiger partial charge in [-0.1, -0.05) is 23.2 Å². The zero-order chi connectivity index (χ0) is 20.4. The van der Waals surface area contributed by atoms with E-state index in [0.29, 0.717) is 0 Å². The molecule has 0 aliphatic heterocycles. The first-order chi connectivity index (χ1) is 12.4. The molecule has 1 amide bonds. The van der Waals surface area contributed by atoms with Crippen molar-refractivity contribution in [3.63, 3.8) is 0 Å². The molecule has 0 unspecified atom stereocenters. The van der Waals surface area contributed by atoms with E-state index in [1.54, 1.807) is 0 Å². The second-order valence-electron chi connectivity index (χ2n) is 5.49. The Morgan fingerprint density at radius 2 is 1.67 bits per heavy atom. The molecule has 2 rings (SSSR count). The summed E-state index contributed by atoms with van der Waals surface area (Å²) >= 11 is 11.7. The lowest BCUT2D eigenvalue weighted by Crippen LogP contribution is -2.37. The number of carbonyl (C=O) groups is 1. The number of nitrogens with zero attached hydrogens (tertiary/aromatic N) is 1. The first-order valence-corrected chi connectivity index (χ1v) is 9.88. The van der Waals surface area contributed by atoms with Crippen molar-refractivity contribution in [3.05, 3.63) is 58.1 Å². The number of hydrogen-bond acceptors (Lipinski definition) is 3. The van der Waals surface area contributed by atoms with Crippen molar-refractivity contribution < 1.29 is 26.4 Å². The van der Waals surface area contributed by atoms with Gasteiger partial charge >= 0.3 is 6.18 Å². The van der Waals surface area contributed by atoms with Gasteiger partial charge in [-0.25, -0.2) is 8.42 Å². The van der Waals surface area contributed by atoms with Crippen LogP contribution in [0.5, 0.6) is 0 Å². The van der Waals surface area contributed by atoms with Crippen LogP contribution in [0.2, 0.25) is 10.0 Å². The van der Waals surface area contributed by atoms with Crippen LogP contribution in [0.15, 0.2) is 42.5 Å². The highest BCUT2D eigenvalue weighted by Crippen LogP contribution is 2.30. The monoisotopic (exact) mass is 440 g/mol. The van der Waals surface area contributed by atoms with E-state index in [1.807, 2.05) is 0 Å². The molecule has 0 saturated heterocycles. The molecular weight excluding hydrogens is 428 g/mol. The predicted octanol–water partition coefficient (Wildman–Crippen LogP) is 4.42. The van der Waals surface area contributed by atoms with Gasteiger partial charge in [-0.15, -0.1) is 0 Å².